The molecule has 4 aromatic rings. The van der Waals surface area contributed by atoms with Crippen molar-refractivity contribution in [3.8, 4) is 11.8 Å². The lowest BCUT2D eigenvalue weighted by Gasteiger charge is -2.32. The Morgan fingerprint density at radius 3 is 3.03 bits per heavy atom. The summed E-state index contributed by atoms with van der Waals surface area (Å²) >= 11 is 0. The van der Waals surface area contributed by atoms with E-state index in [1.54, 1.807) is 30.8 Å². The smallest absolute Gasteiger partial charge is 0.326 e. The Morgan fingerprint density at radius 2 is 2.21 bits per heavy atom. The van der Waals surface area contributed by atoms with Gasteiger partial charge in [-0.15, -0.1) is 0 Å². The Kier molecular flexibility index (Phi) is 4.96. The summed E-state index contributed by atoms with van der Waals surface area (Å²) in [5.41, 5.74) is 8.78. The Bertz CT molecular complexity index is 1500. The number of aromatic amines is 1. The third-order valence-electron chi connectivity index (χ3n) is 6.14. The summed E-state index contributed by atoms with van der Waals surface area (Å²) in [5.74, 6) is 0.660. The molecule has 1 aromatic carbocycles. The van der Waals surface area contributed by atoms with Crippen LogP contribution < -0.4 is 20.7 Å². The number of hydrogen-bond donors (Lipinski definition) is 3. The van der Waals surface area contributed by atoms with E-state index in [1.807, 2.05) is 0 Å². The monoisotopic (exact) mass is 479 g/mol. The van der Waals surface area contributed by atoms with Gasteiger partial charge in [0.25, 0.3) is 0 Å². The highest BCUT2D eigenvalue weighted by atomic mass is 32.2. The molecule has 0 spiro atoms. The van der Waals surface area contributed by atoms with E-state index in [0.29, 0.717) is 50.8 Å². The number of H-pyrrole nitrogens is 1. The maximum atomic E-state index is 14.4. The van der Waals surface area contributed by atoms with Crippen molar-refractivity contribution in [2.45, 2.75) is 23.8 Å². The Hall–Kier alpha value is -3.57. The van der Waals surface area contributed by atoms with Crippen molar-refractivity contribution in [3.63, 3.8) is 0 Å². The SMILES string of the molecule is CNc1cc(F)cc2c1[nH]c1nc(Oc3cnc4c(c3)S(=O)C=C4)nc(N3CCCC(N)C3)c12. The largest absolute Gasteiger partial charge is 0.423 e. The lowest BCUT2D eigenvalue weighted by atomic mass is 10.1. The average Bonchev–Trinajstić information content (AvgIpc) is 3.38. The molecule has 2 aliphatic heterocycles. The highest BCUT2D eigenvalue weighted by Gasteiger charge is 2.25. The zero-order chi connectivity index (χ0) is 23.4. The van der Waals surface area contributed by atoms with Crippen LogP contribution in [-0.2, 0) is 10.8 Å². The molecule has 9 nitrogen and oxygen atoms in total. The summed E-state index contributed by atoms with van der Waals surface area (Å²) in [6, 6.07) is 4.73. The Labute approximate surface area is 196 Å². The highest BCUT2D eigenvalue weighted by Crippen LogP contribution is 2.38. The number of halogens is 1. The van der Waals surface area contributed by atoms with E-state index in [4.69, 9.17) is 15.5 Å². The van der Waals surface area contributed by atoms with E-state index < -0.39 is 10.8 Å². The number of aromatic nitrogens is 4. The van der Waals surface area contributed by atoms with Crippen LogP contribution in [0.3, 0.4) is 0 Å². The molecule has 174 valence electrons. The van der Waals surface area contributed by atoms with Gasteiger partial charge in [-0.05, 0) is 31.1 Å². The molecule has 11 heteroatoms. The number of piperidine rings is 1. The van der Waals surface area contributed by atoms with Gasteiger partial charge in [-0.1, -0.05) is 0 Å². The van der Waals surface area contributed by atoms with Gasteiger partial charge in [0, 0.05) is 43.0 Å². The molecule has 0 saturated carbocycles. The number of fused-ring (bicyclic) bond motifs is 4. The Morgan fingerprint density at radius 1 is 1.32 bits per heavy atom. The van der Waals surface area contributed by atoms with E-state index in [-0.39, 0.29) is 17.9 Å². The van der Waals surface area contributed by atoms with Crippen molar-refractivity contribution < 1.29 is 13.3 Å². The molecule has 2 unspecified atom stereocenters. The van der Waals surface area contributed by atoms with E-state index >= 15 is 0 Å². The minimum Gasteiger partial charge on any atom is -0.423 e. The molecular weight excluding hydrogens is 457 g/mol. The maximum absolute atomic E-state index is 14.4. The summed E-state index contributed by atoms with van der Waals surface area (Å²) in [7, 11) is 0.488. The second-order valence-corrected chi connectivity index (χ2v) is 9.72. The van der Waals surface area contributed by atoms with Crippen LogP contribution in [0, 0.1) is 5.82 Å². The van der Waals surface area contributed by atoms with Gasteiger partial charge >= 0.3 is 6.01 Å². The lowest BCUT2D eigenvalue weighted by molar-refractivity contribution is 0.438. The van der Waals surface area contributed by atoms with Gasteiger partial charge in [-0.3, -0.25) is 4.98 Å². The summed E-state index contributed by atoms with van der Waals surface area (Å²) in [5, 5.41) is 6.01. The molecular formula is C23H22FN7O2S. The maximum Gasteiger partial charge on any atom is 0.326 e. The predicted molar refractivity (Wildman–Crippen MR) is 130 cm³/mol. The summed E-state index contributed by atoms with van der Waals surface area (Å²) in [6.45, 7) is 1.39. The molecule has 0 amide bonds. The number of hydrogen-bond acceptors (Lipinski definition) is 8. The molecule has 0 radical (unpaired) electrons. The fourth-order valence-corrected chi connectivity index (χ4v) is 5.54. The van der Waals surface area contributed by atoms with Gasteiger partial charge < -0.3 is 25.7 Å². The van der Waals surface area contributed by atoms with Crippen LogP contribution in [0.15, 0.2) is 34.7 Å². The molecule has 0 aliphatic carbocycles. The van der Waals surface area contributed by atoms with Crippen molar-refractivity contribution in [1.82, 2.24) is 19.9 Å². The minimum absolute atomic E-state index is 0.0151. The van der Waals surface area contributed by atoms with E-state index in [1.165, 1.54) is 12.1 Å². The van der Waals surface area contributed by atoms with Crippen molar-refractivity contribution in [2.24, 2.45) is 5.73 Å². The van der Waals surface area contributed by atoms with Crippen LogP contribution in [0.1, 0.15) is 18.5 Å². The summed E-state index contributed by atoms with van der Waals surface area (Å²) in [6.07, 6.45) is 5.13. The predicted octanol–water partition coefficient (Wildman–Crippen LogP) is 3.50. The number of ether oxygens (including phenoxy) is 1. The van der Waals surface area contributed by atoms with Crippen LogP contribution in [0.4, 0.5) is 15.9 Å². The van der Waals surface area contributed by atoms with Crippen LogP contribution >= 0.6 is 0 Å². The van der Waals surface area contributed by atoms with Crippen LogP contribution in [0.25, 0.3) is 28.0 Å². The summed E-state index contributed by atoms with van der Waals surface area (Å²) in [4.78, 5) is 19.6. The third-order valence-corrected chi connectivity index (χ3v) is 7.29. The van der Waals surface area contributed by atoms with Gasteiger partial charge in [-0.2, -0.15) is 9.97 Å². The number of anilines is 2. The minimum atomic E-state index is -1.25. The first-order valence-corrected chi connectivity index (χ1v) is 12.2. The standard InChI is InChI=1S/C23H22FN7O2S/c1-26-17-8-12(24)7-15-19-21(28-20(15)17)29-23(30-22(19)31-5-2-3-13(25)11-31)33-14-9-18-16(27-10-14)4-6-34(18)32/h4,6-10,13,26H,2-3,5,11,25H2,1H3,(H,28,29,30). The summed E-state index contributed by atoms with van der Waals surface area (Å²) < 4.78 is 32.6. The molecule has 3 aromatic heterocycles. The van der Waals surface area contributed by atoms with Crippen molar-refractivity contribution in [1.29, 1.82) is 0 Å². The van der Waals surface area contributed by atoms with Crippen molar-refractivity contribution in [3.05, 3.63) is 41.3 Å². The zero-order valence-electron chi connectivity index (χ0n) is 18.3. The van der Waals surface area contributed by atoms with E-state index in [2.05, 4.69) is 25.2 Å². The molecule has 2 atom stereocenters. The van der Waals surface area contributed by atoms with E-state index in [9.17, 15) is 8.60 Å². The molecule has 34 heavy (non-hydrogen) atoms. The second kappa shape index (κ2) is 8.03. The topological polar surface area (TPSA) is 122 Å². The first-order chi connectivity index (χ1) is 16.5. The number of nitrogens with zero attached hydrogens (tertiary/aromatic N) is 4. The third kappa shape index (κ3) is 3.48. The van der Waals surface area contributed by atoms with Crippen LogP contribution in [0.2, 0.25) is 0 Å². The highest BCUT2D eigenvalue weighted by molar-refractivity contribution is 7.88. The molecule has 1 saturated heterocycles. The molecule has 0 bridgehead atoms. The number of rotatable bonds is 4. The number of nitrogens with two attached hydrogens (primary N) is 1. The molecule has 2 aliphatic rings. The molecule has 4 N–H and O–H groups in total. The van der Waals surface area contributed by atoms with E-state index in [0.717, 1.165) is 24.9 Å². The first-order valence-electron chi connectivity index (χ1n) is 11.0. The normalized spacial score (nSPS) is 19.7. The number of nitrogens with one attached hydrogen (secondary N) is 2. The fourth-order valence-electron chi connectivity index (χ4n) is 4.58. The fraction of sp³-hybridized carbons (Fsp3) is 0.261. The van der Waals surface area contributed by atoms with Gasteiger partial charge in [0.2, 0.25) is 0 Å². The average molecular weight is 480 g/mol. The number of pyridine rings is 1. The first kappa shape index (κ1) is 21.0. The van der Waals surface area contributed by atoms with Gasteiger partial charge in [0.1, 0.15) is 17.3 Å². The van der Waals surface area contributed by atoms with Gasteiger partial charge in [-0.25, -0.2) is 8.60 Å². The molecule has 6 rings (SSSR count). The van der Waals surface area contributed by atoms with Crippen molar-refractivity contribution >= 4 is 50.3 Å². The quantitative estimate of drug-likeness (QED) is 0.407. The molecule has 1 fully saturated rings. The second-order valence-electron chi connectivity index (χ2n) is 8.41. The van der Waals surface area contributed by atoms with Crippen LogP contribution in [0.5, 0.6) is 11.8 Å². The zero-order valence-corrected chi connectivity index (χ0v) is 19.2. The van der Waals surface area contributed by atoms with Crippen LogP contribution in [-0.4, -0.2) is 50.3 Å². The van der Waals surface area contributed by atoms with Gasteiger partial charge in [0.05, 0.1) is 44.2 Å². The lowest BCUT2D eigenvalue weighted by Crippen LogP contribution is -2.43. The molecule has 5 heterocycles. The number of benzene rings is 1. The Balaban J connectivity index is 1.51. The van der Waals surface area contributed by atoms with Gasteiger partial charge in [0.15, 0.2) is 5.75 Å². The van der Waals surface area contributed by atoms with Crippen molar-refractivity contribution in [2.75, 3.05) is 30.4 Å².